The van der Waals surface area contributed by atoms with Gasteiger partial charge in [-0.3, -0.25) is 4.79 Å². The van der Waals surface area contributed by atoms with Crippen LogP contribution in [-0.2, 0) is 4.79 Å². The topological polar surface area (TPSA) is 66.9 Å². The minimum Gasteiger partial charge on any atom is -0.358 e. The van der Waals surface area contributed by atoms with Crippen LogP contribution < -0.4 is 10.6 Å². The van der Waals surface area contributed by atoms with E-state index < -0.39 is 0 Å². The van der Waals surface area contributed by atoms with Gasteiger partial charge in [-0.2, -0.15) is 0 Å². The molecular weight excluding hydrogens is 316 g/mol. The standard InChI is InChI=1S/C15H26N4OS2/c1-9(2)16-14-18-19-15(22-14)21-8-13(20)17-12-7-5-6-10(3)11(12)4/h9-12H,5-8H2,1-4H3,(H,16,18)(H,17,20). The zero-order chi connectivity index (χ0) is 16.1. The van der Waals surface area contributed by atoms with Crippen molar-refractivity contribution < 1.29 is 4.79 Å². The number of nitrogens with zero attached hydrogens (tertiary/aromatic N) is 2. The molecule has 22 heavy (non-hydrogen) atoms. The third kappa shape index (κ3) is 5.12. The average molecular weight is 343 g/mol. The van der Waals surface area contributed by atoms with E-state index in [1.807, 2.05) is 0 Å². The van der Waals surface area contributed by atoms with E-state index in [1.165, 1.54) is 35.9 Å². The van der Waals surface area contributed by atoms with Crippen LogP contribution in [0.1, 0.15) is 47.0 Å². The summed E-state index contributed by atoms with van der Waals surface area (Å²) >= 11 is 2.96. The van der Waals surface area contributed by atoms with Crippen LogP contribution >= 0.6 is 23.1 Å². The second-order valence-electron chi connectivity index (χ2n) is 6.40. The van der Waals surface area contributed by atoms with Crippen LogP contribution in [0.25, 0.3) is 0 Å². The van der Waals surface area contributed by atoms with Crippen molar-refractivity contribution in [2.45, 2.75) is 63.4 Å². The van der Waals surface area contributed by atoms with Gasteiger partial charge in [0.2, 0.25) is 11.0 Å². The molecule has 0 saturated heterocycles. The summed E-state index contributed by atoms with van der Waals surface area (Å²) in [6.45, 7) is 8.65. The fourth-order valence-electron chi connectivity index (χ4n) is 2.73. The van der Waals surface area contributed by atoms with Crippen LogP contribution in [0.2, 0.25) is 0 Å². The minimum absolute atomic E-state index is 0.101. The van der Waals surface area contributed by atoms with Crippen LogP contribution in [0.5, 0.6) is 0 Å². The van der Waals surface area contributed by atoms with Crippen molar-refractivity contribution >= 4 is 34.1 Å². The van der Waals surface area contributed by atoms with Gasteiger partial charge in [0.25, 0.3) is 0 Å². The average Bonchev–Trinajstić information content (AvgIpc) is 2.88. The predicted octanol–water partition coefficient (Wildman–Crippen LogP) is 3.39. The van der Waals surface area contributed by atoms with Gasteiger partial charge in [0.1, 0.15) is 0 Å². The van der Waals surface area contributed by atoms with Crippen LogP contribution in [0.3, 0.4) is 0 Å². The summed E-state index contributed by atoms with van der Waals surface area (Å²) in [6.07, 6.45) is 3.59. The second kappa shape index (κ2) is 8.15. The number of rotatable bonds is 6. The number of nitrogens with one attached hydrogen (secondary N) is 2. The van der Waals surface area contributed by atoms with E-state index in [0.717, 1.165) is 15.9 Å². The molecule has 0 radical (unpaired) electrons. The molecule has 3 unspecified atom stereocenters. The largest absolute Gasteiger partial charge is 0.358 e. The Hall–Kier alpha value is -0.820. The van der Waals surface area contributed by atoms with Crippen molar-refractivity contribution in [1.82, 2.24) is 15.5 Å². The maximum atomic E-state index is 12.1. The van der Waals surface area contributed by atoms with Crippen LogP contribution in [-0.4, -0.2) is 33.9 Å². The number of aromatic nitrogens is 2. The van der Waals surface area contributed by atoms with Gasteiger partial charge < -0.3 is 10.6 Å². The number of hydrogen-bond donors (Lipinski definition) is 2. The number of carbonyl (C=O) groups is 1. The monoisotopic (exact) mass is 342 g/mol. The number of hydrogen-bond acceptors (Lipinski definition) is 6. The lowest BCUT2D eigenvalue weighted by atomic mass is 9.78. The molecule has 1 saturated carbocycles. The Morgan fingerprint density at radius 2 is 2.14 bits per heavy atom. The number of amides is 1. The lowest BCUT2D eigenvalue weighted by Gasteiger charge is -2.34. The molecule has 1 aromatic rings. The minimum atomic E-state index is 0.101. The van der Waals surface area contributed by atoms with E-state index in [9.17, 15) is 4.79 Å². The first-order chi connectivity index (χ1) is 10.5. The highest BCUT2D eigenvalue weighted by Crippen LogP contribution is 2.30. The first-order valence-corrected chi connectivity index (χ1v) is 9.78. The normalized spacial score (nSPS) is 25.2. The third-order valence-corrected chi connectivity index (χ3v) is 6.19. The molecule has 0 spiro atoms. The molecule has 0 bridgehead atoms. The SMILES string of the molecule is CC(C)Nc1nnc(SCC(=O)NC2CCCC(C)C2C)s1. The highest BCUT2D eigenvalue weighted by Gasteiger charge is 2.28. The van der Waals surface area contributed by atoms with Crippen molar-refractivity contribution in [3.8, 4) is 0 Å². The van der Waals surface area contributed by atoms with Crippen molar-refractivity contribution in [2.75, 3.05) is 11.1 Å². The lowest BCUT2D eigenvalue weighted by molar-refractivity contribution is -0.119. The van der Waals surface area contributed by atoms with Crippen molar-refractivity contribution in [2.24, 2.45) is 11.8 Å². The van der Waals surface area contributed by atoms with Gasteiger partial charge in [0, 0.05) is 12.1 Å². The maximum Gasteiger partial charge on any atom is 0.230 e. The van der Waals surface area contributed by atoms with Gasteiger partial charge in [-0.25, -0.2) is 0 Å². The van der Waals surface area contributed by atoms with E-state index in [2.05, 4.69) is 48.5 Å². The number of anilines is 1. The Kier molecular flexibility index (Phi) is 6.50. The summed E-state index contributed by atoms with van der Waals surface area (Å²) in [5.74, 6) is 1.77. The smallest absolute Gasteiger partial charge is 0.230 e. The molecule has 1 fully saturated rings. The van der Waals surface area contributed by atoms with Crippen LogP contribution in [0.15, 0.2) is 4.34 Å². The molecule has 3 atom stereocenters. The van der Waals surface area contributed by atoms with Gasteiger partial charge in [0.05, 0.1) is 5.75 Å². The molecule has 0 aliphatic heterocycles. The molecule has 0 aromatic carbocycles. The molecule has 2 N–H and O–H groups in total. The zero-order valence-corrected chi connectivity index (χ0v) is 15.4. The molecule has 2 rings (SSSR count). The predicted molar refractivity (Wildman–Crippen MR) is 93.5 cm³/mol. The maximum absolute atomic E-state index is 12.1. The highest BCUT2D eigenvalue weighted by atomic mass is 32.2. The summed E-state index contributed by atoms with van der Waals surface area (Å²) in [6, 6.07) is 0.660. The summed E-state index contributed by atoms with van der Waals surface area (Å²) in [7, 11) is 0. The summed E-state index contributed by atoms with van der Waals surface area (Å²) in [5.41, 5.74) is 0. The van der Waals surface area contributed by atoms with E-state index in [-0.39, 0.29) is 5.91 Å². The quantitative estimate of drug-likeness (QED) is 0.776. The Morgan fingerprint density at radius 3 is 2.86 bits per heavy atom. The first-order valence-electron chi connectivity index (χ1n) is 7.98. The molecule has 1 heterocycles. The van der Waals surface area contributed by atoms with E-state index in [1.54, 1.807) is 0 Å². The third-order valence-electron chi connectivity index (χ3n) is 4.20. The highest BCUT2D eigenvalue weighted by molar-refractivity contribution is 8.01. The van der Waals surface area contributed by atoms with Gasteiger partial charge in [-0.15, -0.1) is 10.2 Å². The number of carbonyl (C=O) groups excluding carboxylic acids is 1. The molecule has 124 valence electrons. The zero-order valence-electron chi connectivity index (χ0n) is 13.8. The van der Waals surface area contributed by atoms with Crippen LogP contribution in [0, 0.1) is 11.8 Å². The Labute approximate surface area is 141 Å². The lowest BCUT2D eigenvalue weighted by Crippen LogP contribution is -2.44. The van der Waals surface area contributed by atoms with Gasteiger partial charge in [-0.05, 0) is 32.1 Å². The van der Waals surface area contributed by atoms with Crippen molar-refractivity contribution in [3.05, 3.63) is 0 Å². The Balaban J connectivity index is 1.76. The molecule has 1 aliphatic carbocycles. The van der Waals surface area contributed by atoms with Gasteiger partial charge in [-0.1, -0.05) is 49.8 Å². The van der Waals surface area contributed by atoms with E-state index in [4.69, 9.17) is 0 Å². The van der Waals surface area contributed by atoms with Gasteiger partial charge >= 0.3 is 0 Å². The summed E-state index contributed by atoms with van der Waals surface area (Å²) in [5, 5.41) is 15.4. The molecule has 7 heteroatoms. The van der Waals surface area contributed by atoms with Crippen molar-refractivity contribution in [1.29, 1.82) is 0 Å². The fraction of sp³-hybridized carbons (Fsp3) is 0.800. The van der Waals surface area contributed by atoms with Crippen LogP contribution in [0.4, 0.5) is 5.13 Å². The summed E-state index contributed by atoms with van der Waals surface area (Å²) in [4.78, 5) is 12.1. The molecular formula is C15H26N4OS2. The molecule has 1 amide bonds. The van der Waals surface area contributed by atoms with E-state index in [0.29, 0.717) is 29.7 Å². The first kappa shape index (κ1) is 17.5. The van der Waals surface area contributed by atoms with Gasteiger partial charge in [0.15, 0.2) is 4.34 Å². The number of thioether (sulfide) groups is 1. The summed E-state index contributed by atoms with van der Waals surface area (Å²) < 4.78 is 0.836. The van der Waals surface area contributed by atoms with Crippen molar-refractivity contribution in [3.63, 3.8) is 0 Å². The Morgan fingerprint density at radius 1 is 1.36 bits per heavy atom. The van der Waals surface area contributed by atoms with E-state index >= 15 is 0 Å². The molecule has 1 aromatic heterocycles. The Bertz CT molecular complexity index is 492. The molecule has 5 nitrogen and oxygen atoms in total. The molecule has 1 aliphatic rings. The fourth-order valence-corrected chi connectivity index (χ4v) is 4.44. The second-order valence-corrected chi connectivity index (χ2v) is 8.60.